The monoisotopic (exact) mass is 212 g/mol. The molecule has 0 aromatic heterocycles. The lowest BCUT2D eigenvalue weighted by Gasteiger charge is -2.11. The summed E-state index contributed by atoms with van der Waals surface area (Å²) in [4.78, 5) is 0. The van der Waals surface area contributed by atoms with Gasteiger partial charge in [-0.1, -0.05) is 24.6 Å². The van der Waals surface area contributed by atoms with Crippen LogP contribution < -0.4 is 5.32 Å². The minimum Gasteiger partial charge on any atom is -0.367 e. The fourth-order valence-corrected chi connectivity index (χ4v) is 1.20. The molecule has 74 valence electrons. The summed E-state index contributed by atoms with van der Waals surface area (Å²) in [5.74, 6) is -0.511. The number of benzene rings is 1. The molecule has 0 saturated carbocycles. The molecule has 1 atom stereocenters. The first-order valence-corrected chi connectivity index (χ1v) is 4.67. The number of rotatable bonds is 3. The van der Waals surface area contributed by atoms with Crippen molar-refractivity contribution in [2.24, 2.45) is 0 Å². The summed E-state index contributed by atoms with van der Waals surface area (Å²) in [7, 11) is 0. The summed E-state index contributed by atoms with van der Waals surface area (Å²) < 4.78 is 13.3. The van der Waals surface area contributed by atoms with Crippen LogP contribution in [0.3, 0.4) is 0 Å². The molecule has 1 aromatic carbocycles. The van der Waals surface area contributed by atoms with Gasteiger partial charge in [0.2, 0.25) is 0 Å². The van der Waals surface area contributed by atoms with E-state index in [1.165, 1.54) is 6.07 Å². The maximum atomic E-state index is 13.3. The highest BCUT2D eigenvalue weighted by molar-refractivity contribution is 6.31. The standard InChI is InChI=1S/C10H10ClFN2/c1-2-7(6-13)14-9-5-3-4-8(11)10(9)12/h3-5,7,14H,2H2,1H3. The Balaban J connectivity index is 2.87. The van der Waals surface area contributed by atoms with Crippen LogP contribution in [0.2, 0.25) is 5.02 Å². The molecule has 0 aliphatic carbocycles. The van der Waals surface area contributed by atoms with Crippen molar-refractivity contribution in [3.8, 4) is 6.07 Å². The van der Waals surface area contributed by atoms with E-state index in [0.29, 0.717) is 6.42 Å². The molecule has 1 rings (SSSR count). The summed E-state index contributed by atoms with van der Waals surface area (Å²) in [6.45, 7) is 1.85. The Bertz CT molecular complexity index is 360. The van der Waals surface area contributed by atoms with Gasteiger partial charge in [0, 0.05) is 0 Å². The molecule has 14 heavy (non-hydrogen) atoms. The SMILES string of the molecule is CCC(C#N)Nc1cccc(Cl)c1F. The normalized spacial score (nSPS) is 11.9. The van der Waals surface area contributed by atoms with Gasteiger partial charge in [-0.15, -0.1) is 0 Å². The predicted molar refractivity (Wildman–Crippen MR) is 54.7 cm³/mol. The van der Waals surface area contributed by atoms with Crippen molar-refractivity contribution in [2.45, 2.75) is 19.4 Å². The Morgan fingerprint density at radius 2 is 2.36 bits per heavy atom. The van der Waals surface area contributed by atoms with Gasteiger partial charge in [-0.05, 0) is 18.6 Å². The van der Waals surface area contributed by atoms with Gasteiger partial charge in [0.1, 0.15) is 6.04 Å². The summed E-state index contributed by atoms with van der Waals surface area (Å²) in [5, 5.41) is 11.5. The van der Waals surface area contributed by atoms with E-state index in [-0.39, 0.29) is 16.8 Å². The number of halogens is 2. The third-order valence-electron chi connectivity index (χ3n) is 1.85. The largest absolute Gasteiger partial charge is 0.367 e. The number of nitrogens with zero attached hydrogens (tertiary/aromatic N) is 1. The Morgan fingerprint density at radius 3 is 2.93 bits per heavy atom. The molecule has 0 aliphatic heterocycles. The lowest BCUT2D eigenvalue weighted by molar-refractivity contribution is 0.628. The first-order chi connectivity index (χ1) is 6.69. The molecule has 1 aromatic rings. The van der Waals surface area contributed by atoms with E-state index in [0.717, 1.165) is 0 Å². The van der Waals surface area contributed by atoms with Gasteiger partial charge < -0.3 is 5.32 Å². The van der Waals surface area contributed by atoms with Crippen LogP contribution in [0.1, 0.15) is 13.3 Å². The molecule has 0 fully saturated rings. The van der Waals surface area contributed by atoms with Crippen molar-refractivity contribution >= 4 is 17.3 Å². The first-order valence-electron chi connectivity index (χ1n) is 4.29. The summed E-state index contributed by atoms with van der Waals surface area (Å²) >= 11 is 5.59. The number of hydrogen-bond acceptors (Lipinski definition) is 2. The molecule has 0 heterocycles. The van der Waals surface area contributed by atoms with Crippen molar-refractivity contribution in [3.05, 3.63) is 29.0 Å². The maximum Gasteiger partial charge on any atom is 0.164 e. The van der Waals surface area contributed by atoms with Crippen LogP contribution in [0.25, 0.3) is 0 Å². The third kappa shape index (κ3) is 2.36. The quantitative estimate of drug-likeness (QED) is 0.835. The van der Waals surface area contributed by atoms with Crippen LogP contribution in [0.4, 0.5) is 10.1 Å². The van der Waals surface area contributed by atoms with Gasteiger partial charge in [0.25, 0.3) is 0 Å². The van der Waals surface area contributed by atoms with Crippen LogP contribution >= 0.6 is 11.6 Å². The van der Waals surface area contributed by atoms with E-state index in [1.807, 2.05) is 13.0 Å². The topological polar surface area (TPSA) is 35.8 Å². The highest BCUT2D eigenvalue weighted by atomic mass is 35.5. The van der Waals surface area contributed by atoms with E-state index in [4.69, 9.17) is 16.9 Å². The minimum absolute atomic E-state index is 0.0581. The number of nitriles is 1. The Labute approximate surface area is 87.3 Å². The van der Waals surface area contributed by atoms with Gasteiger partial charge in [-0.25, -0.2) is 4.39 Å². The molecule has 0 radical (unpaired) electrons. The highest BCUT2D eigenvalue weighted by Crippen LogP contribution is 2.22. The molecule has 0 spiro atoms. The first kappa shape index (κ1) is 10.8. The molecule has 4 heteroatoms. The molecule has 2 nitrogen and oxygen atoms in total. The lowest BCUT2D eigenvalue weighted by atomic mass is 10.2. The highest BCUT2D eigenvalue weighted by Gasteiger charge is 2.09. The van der Waals surface area contributed by atoms with Gasteiger partial charge in [-0.3, -0.25) is 0 Å². The smallest absolute Gasteiger partial charge is 0.164 e. The molecule has 0 saturated heterocycles. The maximum absolute atomic E-state index is 13.3. The van der Waals surface area contributed by atoms with Crippen LogP contribution in [0, 0.1) is 17.1 Å². The van der Waals surface area contributed by atoms with Crippen molar-refractivity contribution in [1.82, 2.24) is 0 Å². The van der Waals surface area contributed by atoms with Gasteiger partial charge in [0.15, 0.2) is 5.82 Å². The molecule has 0 bridgehead atoms. The van der Waals surface area contributed by atoms with Crippen molar-refractivity contribution in [3.63, 3.8) is 0 Å². The van der Waals surface area contributed by atoms with E-state index in [2.05, 4.69) is 5.32 Å². The van der Waals surface area contributed by atoms with Gasteiger partial charge >= 0.3 is 0 Å². The fourth-order valence-electron chi connectivity index (χ4n) is 1.03. The number of hydrogen-bond donors (Lipinski definition) is 1. The van der Waals surface area contributed by atoms with Crippen molar-refractivity contribution < 1.29 is 4.39 Å². The zero-order valence-electron chi connectivity index (χ0n) is 7.72. The lowest BCUT2D eigenvalue weighted by Crippen LogP contribution is -2.16. The second-order valence-electron chi connectivity index (χ2n) is 2.84. The Kier molecular flexibility index (Phi) is 3.73. The number of anilines is 1. The van der Waals surface area contributed by atoms with Gasteiger partial charge in [-0.2, -0.15) is 5.26 Å². The number of nitrogens with one attached hydrogen (secondary N) is 1. The average Bonchev–Trinajstić information content (AvgIpc) is 2.20. The molecule has 1 N–H and O–H groups in total. The van der Waals surface area contributed by atoms with Gasteiger partial charge in [0.05, 0.1) is 16.8 Å². The zero-order chi connectivity index (χ0) is 10.6. The molecular weight excluding hydrogens is 203 g/mol. The second-order valence-corrected chi connectivity index (χ2v) is 3.24. The summed E-state index contributed by atoms with van der Waals surface area (Å²) in [6, 6.07) is 6.30. The molecular formula is C10H10ClFN2. The Morgan fingerprint density at radius 1 is 1.64 bits per heavy atom. The van der Waals surface area contributed by atoms with Crippen LogP contribution in [0.5, 0.6) is 0 Å². The minimum atomic E-state index is -0.511. The van der Waals surface area contributed by atoms with Crippen molar-refractivity contribution in [2.75, 3.05) is 5.32 Å². The van der Waals surface area contributed by atoms with E-state index in [9.17, 15) is 4.39 Å². The van der Waals surface area contributed by atoms with Crippen LogP contribution in [-0.2, 0) is 0 Å². The van der Waals surface area contributed by atoms with E-state index < -0.39 is 5.82 Å². The molecule has 0 aliphatic rings. The van der Waals surface area contributed by atoms with Crippen molar-refractivity contribution in [1.29, 1.82) is 5.26 Å². The molecule has 1 unspecified atom stereocenters. The summed E-state index contributed by atoms with van der Waals surface area (Å²) in [5.41, 5.74) is 0.269. The van der Waals surface area contributed by atoms with Crippen LogP contribution in [0.15, 0.2) is 18.2 Å². The zero-order valence-corrected chi connectivity index (χ0v) is 8.48. The summed E-state index contributed by atoms with van der Waals surface area (Å²) in [6.07, 6.45) is 0.614. The molecule has 0 amide bonds. The third-order valence-corrected chi connectivity index (χ3v) is 2.14. The van der Waals surface area contributed by atoms with E-state index in [1.54, 1.807) is 12.1 Å². The fraction of sp³-hybridized carbons (Fsp3) is 0.300. The van der Waals surface area contributed by atoms with Crippen LogP contribution in [-0.4, -0.2) is 6.04 Å². The van der Waals surface area contributed by atoms with E-state index >= 15 is 0 Å². The second kappa shape index (κ2) is 4.83. The predicted octanol–water partition coefficient (Wildman–Crippen LogP) is 3.19. The Hall–Kier alpha value is -1.27. The average molecular weight is 213 g/mol.